The van der Waals surface area contributed by atoms with Crippen molar-refractivity contribution in [1.29, 1.82) is 0 Å². The first kappa shape index (κ1) is 36.3. The van der Waals surface area contributed by atoms with E-state index < -0.39 is 46.2 Å². The van der Waals surface area contributed by atoms with Crippen molar-refractivity contribution in [1.82, 2.24) is 20.9 Å². The number of nitrogens with zero attached hydrogens (tertiary/aromatic N) is 1. The lowest BCUT2D eigenvalue weighted by Gasteiger charge is -2.19. The van der Waals surface area contributed by atoms with Gasteiger partial charge in [0.2, 0.25) is 5.91 Å². The van der Waals surface area contributed by atoms with Crippen LogP contribution in [0.2, 0.25) is 0 Å². The van der Waals surface area contributed by atoms with Crippen LogP contribution >= 0.6 is 0 Å². The summed E-state index contributed by atoms with van der Waals surface area (Å²) in [6, 6.07) is 14.6. The number of fused-ring (bicyclic) bond motifs is 4. The van der Waals surface area contributed by atoms with E-state index >= 15 is 0 Å². The van der Waals surface area contributed by atoms with Crippen molar-refractivity contribution in [2.24, 2.45) is 4.99 Å². The quantitative estimate of drug-likeness (QED) is 0.0715. The number of carboxylic acid groups (broad SMARTS) is 1. The predicted octanol–water partition coefficient (Wildman–Crippen LogP) is 4.02. The first-order chi connectivity index (χ1) is 23.7. The molecular weight excluding hydrogens is 662 g/mol. The fourth-order valence-electron chi connectivity index (χ4n) is 6.60. The molecule has 0 fully saturated rings. The minimum absolute atomic E-state index is 0.0558. The second-order valence-electron chi connectivity index (χ2n) is 13.1. The van der Waals surface area contributed by atoms with Crippen molar-refractivity contribution in [2.75, 3.05) is 19.7 Å². The molecule has 0 saturated carbocycles. The number of amides is 2. The summed E-state index contributed by atoms with van der Waals surface area (Å²) < 4.78 is 37.9. The molecule has 0 bridgehead atoms. The molecule has 5 N–H and O–H groups in total. The van der Waals surface area contributed by atoms with E-state index in [9.17, 15) is 27.9 Å². The number of rotatable bonds is 14. The number of hydrazine groups is 1. The fourth-order valence-corrected chi connectivity index (χ4v) is 8.00. The molecule has 14 heteroatoms. The highest BCUT2D eigenvalue weighted by molar-refractivity contribution is 7.89. The van der Waals surface area contributed by atoms with Crippen molar-refractivity contribution in [3.8, 4) is 16.9 Å². The first-order valence-electron chi connectivity index (χ1n) is 16.4. The zero-order valence-corrected chi connectivity index (χ0v) is 29.6. The number of ether oxygens (including phenoxy) is 2. The third-order valence-corrected chi connectivity index (χ3v) is 10.6. The van der Waals surface area contributed by atoms with E-state index in [-0.39, 0.29) is 36.8 Å². The topological polar surface area (TPSA) is 185 Å². The summed E-state index contributed by atoms with van der Waals surface area (Å²) in [5.74, 6) is -1.32. The van der Waals surface area contributed by atoms with Gasteiger partial charge < -0.3 is 25.2 Å². The van der Waals surface area contributed by atoms with Crippen molar-refractivity contribution in [2.45, 2.75) is 76.3 Å². The van der Waals surface area contributed by atoms with Crippen LogP contribution in [0.5, 0.6) is 5.75 Å². The molecular formula is C36H43N5O8S. The van der Waals surface area contributed by atoms with E-state index in [4.69, 9.17) is 9.47 Å². The monoisotopic (exact) mass is 705 g/mol. The summed E-state index contributed by atoms with van der Waals surface area (Å²) in [6.45, 7) is 9.07. The number of aliphatic carboxylic acids is 1. The maximum Gasteiger partial charge on any atom is 0.407 e. The Morgan fingerprint density at radius 2 is 1.66 bits per heavy atom. The first-order valence-corrected chi connectivity index (χ1v) is 17.9. The van der Waals surface area contributed by atoms with Crippen LogP contribution in [0.3, 0.4) is 0 Å². The molecule has 1 aliphatic heterocycles. The van der Waals surface area contributed by atoms with Gasteiger partial charge in [-0.2, -0.15) is 0 Å². The third kappa shape index (κ3) is 7.92. The lowest BCUT2D eigenvalue weighted by atomic mass is 9.94. The average molecular weight is 706 g/mol. The van der Waals surface area contributed by atoms with Gasteiger partial charge in [0.05, 0.1) is 11.2 Å². The Morgan fingerprint density at radius 1 is 1.02 bits per heavy atom. The third-order valence-electron chi connectivity index (χ3n) is 9.06. The van der Waals surface area contributed by atoms with Crippen LogP contribution in [0, 0.1) is 20.8 Å². The number of aliphatic imine (C=N–C) groups is 1. The molecule has 13 nitrogen and oxygen atoms in total. The van der Waals surface area contributed by atoms with E-state index in [2.05, 4.69) is 25.9 Å². The Bertz CT molecular complexity index is 1900. The molecule has 2 amide bonds. The smallest absolute Gasteiger partial charge is 0.407 e. The second kappa shape index (κ2) is 14.9. The maximum absolute atomic E-state index is 13.2. The summed E-state index contributed by atoms with van der Waals surface area (Å²) in [5.41, 5.74) is 9.25. The zero-order chi connectivity index (χ0) is 36.2. The molecule has 0 aromatic heterocycles. The molecule has 50 heavy (non-hydrogen) atoms. The Hall–Kier alpha value is -4.95. The van der Waals surface area contributed by atoms with Gasteiger partial charge in [0.15, 0.2) is 0 Å². The number of alkyl carbamates (subject to hydrolysis) is 1. The van der Waals surface area contributed by atoms with Gasteiger partial charge in [-0.25, -0.2) is 18.0 Å². The van der Waals surface area contributed by atoms with E-state index in [0.29, 0.717) is 17.5 Å². The van der Waals surface area contributed by atoms with Crippen LogP contribution in [-0.2, 0) is 30.8 Å². The van der Waals surface area contributed by atoms with Crippen molar-refractivity contribution < 1.29 is 37.4 Å². The summed E-state index contributed by atoms with van der Waals surface area (Å²) in [5, 5.41) is 14.4. The SMILES string of the molecule is Cc1c(C)c(S(=O)(=O)NNC=NCCC[C@H](NC(=O)CNC(=O)OCC2c3ccccc3-c3ccccc32)C(=O)O)c(C)c2c1OC(C)(C)C2. The summed E-state index contributed by atoms with van der Waals surface area (Å²) in [6.07, 6.45) is 1.32. The zero-order valence-electron chi connectivity index (χ0n) is 28.8. The number of carbonyl (C=O) groups is 3. The molecule has 1 atom stereocenters. The number of sulfonamides is 1. The summed E-state index contributed by atoms with van der Waals surface area (Å²) in [4.78, 5) is 43.2. The van der Waals surface area contributed by atoms with Crippen molar-refractivity contribution in [3.05, 3.63) is 81.9 Å². The fraction of sp³-hybridized carbons (Fsp3) is 0.389. The number of hydrogen-bond acceptors (Lipinski definition) is 8. The highest BCUT2D eigenvalue weighted by atomic mass is 32.2. The van der Waals surface area contributed by atoms with E-state index in [1.165, 1.54) is 6.34 Å². The maximum atomic E-state index is 13.2. The van der Waals surface area contributed by atoms with Gasteiger partial charge in [0, 0.05) is 24.4 Å². The van der Waals surface area contributed by atoms with E-state index in [0.717, 1.165) is 39.1 Å². The van der Waals surface area contributed by atoms with Crippen LogP contribution in [0.15, 0.2) is 58.4 Å². The number of hydrogen-bond donors (Lipinski definition) is 5. The molecule has 0 saturated heterocycles. The van der Waals surface area contributed by atoms with E-state index in [1.54, 1.807) is 13.8 Å². The molecule has 5 rings (SSSR count). The lowest BCUT2D eigenvalue weighted by Crippen LogP contribution is -2.45. The summed E-state index contributed by atoms with van der Waals surface area (Å²) in [7, 11) is -3.95. The van der Waals surface area contributed by atoms with Crippen LogP contribution < -0.4 is 25.6 Å². The van der Waals surface area contributed by atoms with Gasteiger partial charge in [-0.3, -0.25) is 15.2 Å². The number of benzene rings is 3. The van der Waals surface area contributed by atoms with Crippen molar-refractivity contribution in [3.63, 3.8) is 0 Å². The van der Waals surface area contributed by atoms with Gasteiger partial charge in [-0.1, -0.05) is 48.5 Å². The Morgan fingerprint density at radius 3 is 2.30 bits per heavy atom. The molecule has 1 aliphatic carbocycles. The lowest BCUT2D eigenvalue weighted by molar-refractivity contribution is -0.141. The van der Waals surface area contributed by atoms with E-state index in [1.807, 2.05) is 69.3 Å². The van der Waals surface area contributed by atoms with Crippen LogP contribution in [0.25, 0.3) is 11.1 Å². The largest absolute Gasteiger partial charge is 0.487 e. The average Bonchev–Trinajstić information content (AvgIpc) is 3.58. The molecule has 0 radical (unpaired) electrons. The van der Waals surface area contributed by atoms with Crippen LogP contribution in [0.4, 0.5) is 4.79 Å². The Kier molecular flexibility index (Phi) is 10.8. The predicted molar refractivity (Wildman–Crippen MR) is 188 cm³/mol. The highest BCUT2D eigenvalue weighted by Crippen LogP contribution is 2.45. The molecule has 3 aromatic carbocycles. The number of nitrogens with one attached hydrogen (secondary N) is 4. The Labute approximate surface area is 291 Å². The van der Waals surface area contributed by atoms with Gasteiger partial charge in [0.25, 0.3) is 10.0 Å². The van der Waals surface area contributed by atoms with Gasteiger partial charge >= 0.3 is 12.1 Å². The van der Waals surface area contributed by atoms with Gasteiger partial charge in [-0.15, -0.1) is 4.83 Å². The minimum Gasteiger partial charge on any atom is -0.487 e. The van der Waals surface area contributed by atoms with Gasteiger partial charge in [-0.05, 0) is 86.4 Å². The summed E-state index contributed by atoms with van der Waals surface area (Å²) >= 11 is 0. The molecule has 0 spiro atoms. The molecule has 1 heterocycles. The molecule has 0 unspecified atom stereocenters. The molecule has 266 valence electrons. The van der Waals surface area contributed by atoms with Crippen LogP contribution in [0.1, 0.15) is 66.0 Å². The standard InChI is InChI=1S/C36H43N5O8S/c1-21-22(2)33(23(3)28-17-36(4,5)49-32(21)28)50(46,47)41-39-20-37-16-10-15-30(34(43)44)40-31(42)18-38-35(45)48-19-29-26-13-8-6-11-24(26)25-12-7-9-14-27(25)29/h6-9,11-14,20,29-30,41H,10,15-19H2,1-5H3,(H,37,39)(H,38,45)(H,40,42)(H,43,44)/t30-/m0/s1. The molecule has 3 aromatic rings. The number of carboxylic acids is 1. The second-order valence-corrected chi connectivity index (χ2v) is 14.7. The highest BCUT2D eigenvalue weighted by Gasteiger charge is 2.36. The van der Waals surface area contributed by atoms with Crippen LogP contribution in [-0.4, -0.2) is 69.2 Å². The normalized spacial score (nSPS) is 15.1. The van der Waals surface area contributed by atoms with Crippen molar-refractivity contribution >= 4 is 34.3 Å². The minimum atomic E-state index is -3.95. The molecule has 2 aliphatic rings. The Balaban J connectivity index is 1.03. The van der Waals surface area contributed by atoms with Gasteiger partial charge in [0.1, 0.15) is 30.5 Å². The number of carbonyl (C=O) groups excluding carboxylic acids is 2.